The van der Waals surface area contributed by atoms with Crippen LogP contribution in [0.4, 0.5) is 10.1 Å². The number of rotatable bonds is 5. The highest BCUT2D eigenvalue weighted by Gasteiger charge is 2.07. The lowest BCUT2D eigenvalue weighted by Crippen LogP contribution is -2.01. The van der Waals surface area contributed by atoms with Gasteiger partial charge in [-0.15, -0.1) is 0 Å². The fourth-order valence-corrected chi connectivity index (χ4v) is 1.75. The smallest absolute Gasteiger partial charge is 0.162 e. The van der Waals surface area contributed by atoms with Crippen LogP contribution in [0.3, 0.4) is 0 Å². The van der Waals surface area contributed by atoms with E-state index < -0.39 is 0 Å². The fraction of sp³-hybridized carbons (Fsp3) is 0.200. The molecule has 0 aliphatic carbocycles. The van der Waals surface area contributed by atoms with E-state index in [0.29, 0.717) is 18.9 Å². The van der Waals surface area contributed by atoms with E-state index in [1.54, 1.807) is 18.2 Å². The van der Waals surface area contributed by atoms with Gasteiger partial charge in [0, 0.05) is 17.8 Å². The zero-order valence-corrected chi connectivity index (χ0v) is 10.7. The standard InChI is InChI=1S/C15H16FNO2/c1-2-19-14-5-3-4-11(15(14)18)10-17-13-8-6-12(16)7-9-13/h3-9,17-18H,2,10H2,1H3. The maximum Gasteiger partial charge on any atom is 0.162 e. The molecule has 0 atom stereocenters. The van der Waals surface area contributed by atoms with Crippen LogP contribution in [0.15, 0.2) is 42.5 Å². The van der Waals surface area contributed by atoms with Crippen molar-refractivity contribution in [2.75, 3.05) is 11.9 Å². The third-order valence-electron chi connectivity index (χ3n) is 2.71. The van der Waals surface area contributed by atoms with Gasteiger partial charge in [-0.1, -0.05) is 12.1 Å². The van der Waals surface area contributed by atoms with Crippen molar-refractivity contribution in [3.63, 3.8) is 0 Å². The summed E-state index contributed by atoms with van der Waals surface area (Å²) in [6, 6.07) is 11.4. The van der Waals surface area contributed by atoms with Crippen molar-refractivity contribution >= 4 is 5.69 Å². The van der Waals surface area contributed by atoms with Crippen LogP contribution < -0.4 is 10.1 Å². The predicted molar refractivity (Wildman–Crippen MR) is 73.0 cm³/mol. The van der Waals surface area contributed by atoms with Crippen molar-refractivity contribution in [2.45, 2.75) is 13.5 Å². The number of aromatic hydroxyl groups is 1. The summed E-state index contributed by atoms with van der Waals surface area (Å²) in [4.78, 5) is 0. The van der Waals surface area contributed by atoms with Crippen LogP contribution in [-0.4, -0.2) is 11.7 Å². The van der Waals surface area contributed by atoms with Gasteiger partial charge in [-0.2, -0.15) is 0 Å². The Bertz CT molecular complexity index is 540. The van der Waals surface area contributed by atoms with Crippen molar-refractivity contribution in [2.24, 2.45) is 0 Å². The first-order valence-corrected chi connectivity index (χ1v) is 6.13. The summed E-state index contributed by atoms with van der Waals surface area (Å²) < 4.78 is 18.1. The molecule has 0 bridgehead atoms. The zero-order valence-electron chi connectivity index (χ0n) is 10.7. The minimum Gasteiger partial charge on any atom is -0.504 e. The molecule has 2 N–H and O–H groups in total. The Labute approximate surface area is 111 Å². The molecule has 0 saturated carbocycles. The van der Waals surface area contributed by atoms with Gasteiger partial charge in [0.2, 0.25) is 0 Å². The third-order valence-corrected chi connectivity index (χ3v) is 2.71. The number of ether oxygens (including phenoxy) is 1. The van der Waals surface area contributed by atoms with E-state index in [0.717, 1.165) is 11.3 Å². The molecule has 2 aromatic rings. The molecular formula is C15H16FNO2. The van der Waals surface area contributed by atoms with E-state index in [1.165, 1.54) is 12.1 Å². The summed E-state index contributed by atoms with van der Waals surface area (Å²) in [6.45, 7) is 2.81. The van der Waals surface area contributed by atoms with Gasteiger partial charge >= 0.3 is 0 Å². The number of halogens is 1. The van der Waals surface area contributed by atoms with E-state index in [1.807, 2.05) is 19.1 Å². The molecule has 0 heterocycles. The molecule has 0 radical (unpaired) electrons. The molecule has 19 heavy (non-hydrogen) atoms. The number of hydrogen-bond acceptors (Lipinski definition) is 3. The van der Waals surface area contributed by atoms with Crippen molar-refractivity contribution < 1.29 is 14.2 Å². The summed E-state index contributed by atoms with van der Waals surface area (Å²) in [5.74, 6) is 0.339. The number of benzene rings is 2. The average molecular weight is 261 g/mol. The molecule has 0 amide bonds. The first kappa shape index (κ1) is 13.2. The molecule has 4 heteroatoms. The molecule has 3 nitrogen and oxygen atoms in total. The van der Waals surface area contributed by atoms with Crippen molar-refractivity contribution in [1.29, 1.82) is 0 Å². The molecule has 2 aromatic carbocycles. The molecule has 100 valence electrons. The van der Waals surface area contributed by atoms with E-state index in [4.69, 9.17) is 4.74 Å². The lowest BCUT2D eigenvalue weighted by molar-refractivity contribution is 0.317. The molecular weight excluding hydrogens is 245 g/mol. The Morgan fingerprint density at radius 1 is 1.16 bits per heavy atom. The first-order chi connectivity index (χ1) is 9.20. The van der Waals surface area contributed by atoms with E-state index in [-0.39, 0.29) is 11.6 Å². The van der Waals surface area contributed by atoms with Gasteiger partial charge in [-0.05, 0) is 37.3 Å². The molecule has 0 aromatic heterocycles. The summed E-state index contributed by atoms with van der Waals surface area (Å²) >= 11 is 0. The molecule has 2 rings (SSSR count). The second-order valence-electron chi connectivity index (χ2n) is 4.06. The lowest BCUT2D eigenvalue weighted by atomic mass is 10.2. The fourth-order valence-electron chi connectivity index (χ4n) is 1.75. The highest BCUT2D eigenvalue weighted by atomic mass is 19.1. The van der Waals surface area contributed by atoms with E-state index in [2.05, 4.69) is 5.32 Å². The number of phenols is 1. The lowest BCUT2D eigenvalue weighted by Gasteiger charge is -2.11. The second-order valence-corrected chi connectivity index (χ2v) is 4.06. The second kappa shape index (κ2) is 6.09. The molecule has 0 saturated heterocycles. The minimum atomic E-state index is -0.272. The molecule has 0 unspecified atom stereocenters. The van der Waals surface area contributed by atoms with E-state index >= 15 is 0 Å². The Hall–Kier alpha value is -2.23. The third kappa shape index (κ3) is 3.37. The summed E-state index contributed by atoms with van der Waals surface area (Å²) in [5.41, 5.74) is 1.53. The highest BCUT2D eigenvalue weighted by molar-refractivity contribution is 5.49. The summed E-state index contributed by atoms with van der Waals surface area (Å²) in [7, 11) is 0. The maximum absolute atomic E-state index is 12.8. The van der Waals surface area contributed by atoms with Gasteiger partial charge in [0.05, 0.1) is 6.61 Å². The summed E-state index contributed by atoms with van der Waals surface area (Å²) in [5, 5.41) is 13.1. The van der Waals surface area contributed by atoms with Crippen LogP contribution in [0.2, 0.25) is 0 Å². The van der Waals surface area contributed by atoms with Crippen LogP contribution in [0, 0.1) is 5.82 Å². The number of nitrogens with one attached hydrogen (secondary N) is 1. The highest BCUT2D eigenvalue weighted by Crippen LogP contribution is 2.30. The Kier molecular flexibility index (Phi) is 4.23. The Morgan fingerprint density at radius 2 is 1.89 bits per heavy atom. The first-order valence-electron chi connectivity index (χ1n) is 6.13. The van der Waals surface area contributed by atoms with E-state index in [9.17, 15) is 9.50 Å². The Balaban J connectivity index is 2.07. The van der Waals surface area contributed by atoms with Gasteiger partial charge in [0.15, 0.2) is 11.5 Å². The predicted octanol–water partition coefficient (Wildman–Crippen LogP) is 3.54. The van der Waals surface area contributed by atoms with Gasteiger partial charge in [-0.3, -0.25) is 0 Å². The maximum atomic E-state index is 12.8. The number of para-hydroxylation sites is 1. The summed E-state index contributed by atoms with van der Waals surface area (Å²) in [6.07, 6.45) is 0. The number of anilines is 1. The van der Waals surface area contributed by atoms with Crippen LogP contribution in [0.5, 0.6) is 11.5 Å². The van der Waals surface area contributed by atoms with Crippen molar-refractivity contribution in [1.82, 2.24) is 0 Å². The quantitative estimate of drug-likeness (QED) is 0.865. The number of hydrogen-bond donors (Lipinski definition) is 2. The van der Waals surface area contributed by atoms with Crippen molar-refractivity contribution in [3.05, 3.63) is 53.8 Å². The molecule has 0 spiro atoms. The van der Waals surface area contributed by atoms with Gasteiger partial charge in [-0.25, -0.2) is 4.39 Å². The van der Waals surface area contributed by atoms with Gasteiger partial charge in [0.25, 0.3) is 0 Å². The molecule has 0 fully saturated rings. The molecule has 0 aliphatic heterocycles. The monoisotopic (exact) mass is 261 g/mol. The topological polar surface area (TPSA) is 41.5 Å². The zero-order chi connectivity index (χ0) is 13.7. The SMILES string of the molecule is CCOc1cccc(CNc2ccc(F)cc2)c1O. The number of phenolic OH excluding ortho intramolecular Hbond substituents is 1. The Morgan fingerprint density at radius 3 is 2.58 bits per heavy atom. The van der Waals surface area contributed by atoms with Gasteiger partial charge in [0.1, 0.15) is 5.82 Å². The normalized spacial score (nSPS) is 10.2. The minimum absolute atomic E-state index is 0.138. The van der Waals surface area contributed by atoms with Crippen molar-refractivity contribution in [3.8, 4) is 11.5 Å². The van der Waals surface area contributed by atoms with Crippen LogP contribution in [-0.2, 0) is 6.54 Å². The van der Waals surface area contributed by atoms with Crippen LogP contribution in [0.25, 0.3) is 0 Å². The van der Waals surface area contributed by atoms with Crippen LogP contribution in [0.1, 0.15) is 12.5 Å². The average Bonchev–Trinajstić information content (AvgIpc) is 2.42. The van der Waals surface area contributed by atoms with Gasteiger partial charge < -0.3 is 15.2 Å². The molecule has 0 aliphatic rings. The largest absolute Gasteiger partial charge is 0.504 e. The van der Waals surface area contributed by atoms with Crippen LogP contribution >= 0.6 is 0 Å².